The van der Waals surface area contributed by atoms with Crippen LogP contribution in [0.5, 0.6) is 0 Å². The fraction of sp³-hybridized carbons (Fsp3) is 0.133. The van der Waals surface area contributed by atoms with Gasteiger partial charge < -0.3 is 10.4 Å². The molecule has 0 spiro atoms. The Hall–Kier alpha value is -1.51. The zero-order valence-corrected chi connectivity index (χ0v) is 13.1. The first kappa shape index (κ1) is 15.9. The molecule has 0 saturated carbocycles. The van der Waals surface area contributed by atoms with Crippen molar-refractivity contribution in [3.63, 3.8) is 0 Å². The van der Waals surface area contributed by atoms with Crippen molar-refractivity contribution in [2.24, 2.45) is 0 Å². The van der Waals surface area contributed by atoms with Gasteiger partial charge in [0.25, 0.3) is 5.91 Å². The van der Waals surface area contributed by atoms with Gasteiger partial charge in [0, 0.05) is 17.0 Å². The van der Waals surface area contributed by atoms with E-state index in [-0.39, 0.29) is 12.5 Å². The number of anilines is 1. The van der Waals surface area contributed by atoms with Gasteiger partial charge in [-0.25, -0.2) is 0 Å². The van der Waals surface area contributed by atoms with Crippen LogP contribution < -0.4 is 5.32 Å². The summed E-state index contributed by atoms with van der Waals surface area (Å²) in [5, 5.41) is 14.1. The number of nitrogens with one attached hydrogen (secondary N) is 1. The Morgan fingerprint density at radius 2 is 2.14 bits per heavy atom. The fourth-order valence-corrected chi connectivity index (χ4v) is 2.77. The molecule has 1 heterocycles. The average Bonchev–Trinajstić information content (AvgIpc) is 2.91. The van der Waals surface area contributed by atoms with E-state index in [1.807, 2.05) is 0 Å². The van der Waals surface area contributed by atoms with Crippen LogP contribution in [0.15, 0.2) is 29.6 Å². The van der Waals surface area contributed by atoms with Gasteiger partial charge in [0.05, 0.1) is 17.3 Å². The van der Waals surface area contributed by atoms with Crippen LogP contribution in [0.4, 0.5) is 5.69 Å². The van der Waals surface area contributed by atoms with Crippen molar-refractivity contribution >= 4 is 46.1 Å². The molecule has 0 bridgehead atoms. The highest BCUT2D eigenvalue weighted by atomic mass is 35.5. The van der Waals surface area contributed by atoms with E-state index in [0.717, 1.165) is 0 Å². The summed E-state index contributed by atoms with van der Waals surface area (Å²) in [6.07, 6.45) is 0.375. The van der Waals surface area contributed by atoms with Crippen molar-refractivity contribution in [2.75, 3.05) is 11.9 Å². The smallest absolute Gasteiger partial charge is 0.267 e. The minimum absolute atomic E-state index is 0.000943. The lowest BCUT2D eigenvalue weighted by atomic mass is 10.2. The molecule has 3 nitrogen and oxygen atoms in total. The van der Waals surface area contributed by atoms with E-state index in [2.05, 4.69) is 17.2 Å². The van der Waals surface area contributed by atoms with E-state index in [0.29, 0.717) is 32.6 Å². The number of benzene rings is 1. The maximum Gasteiger partial charge on any atom is 0.267 e. The van der Waals surface area contributed by atoms with E-state index >= 15 is 0 Å². The molecule has 2 rings (SSSR count). The SMILES string of the molecule is O=C(Nc1ccc(Cl)cc1Cl)c1sccc1C#CCCO. The van der Waals surface area contributed by atoms with Gasteiger partial charge in [-0.1, -0.05) is 35.0 Å². The number of halogens is 2. The Kier molecular flexibility index (Phi) is 5.66. The largest absolute Gasteiger partial charge is 0.395 e. The van der Waals surface area contributed by atoms with Crippen molar-refractivity contribution in [2.45, 2.75) is 6.42 Å². The minimum Gasteiger partial charge on any atom is -0.395 e. The number of hydrogen-bond acceptors (Lipinski definition) is 3. The molecule has 1 aromatic heterocycles. The number of aliphatic hydroxyl groups excluding tert-OH is 1. The number of carbonyl (C=O) groups excluding carboxylic acids is 1. The Bertz CT molecular complexity index is 716. The first-order valence-corrected chi connectivity index (χ1v) is 7.69. The molecule has 21 heavy (non-hydrogen) atoms. The maximum atomic E-state index is 12.3. The van der Waals surface area contributed by atoms with Gasteiger partial charge in [-0.3, -0.25) is 4.79 Å². The molecule has 1 amide bonds. The molecule has 108 valence electrons. The second kappa shape index (κ2) is 7.48. The van der Waals surface area contributed by atoms with Crippen molar-refractivity contribution in [1.29, 1.82) is 0 Å². The molecule has 0 saturated heterocycles. The number of carbonyl (C=O) groups is 1. The molecule has 0 radical (unpaired) electrons. The van der Waals surface area contributed by atoms with Crippen molar-refractivity contribution in [3.05, 3.63) is 50.1 Å². The van der Waals surface area contributed by atoms with Crippen molar-refractivity contribution < 1.29 is 9.90 Å². The Balaban J connectivity index is 2.18. The van der Waals surface area contributed by atoms with Crippen LogP contribution in [0, 0.1) is 11.8 Å². The summed E-state index contributed by atoms with van der Waals surface area (Å²) in [5.74, 6) is 5.39. The van der Waals surface area contributed by atoms with Crippen LogP contribution in [0.3, 0.4) is 0 Å². The highest BCUT2D eigenvalue weighted by Crippen LogP contribution is 2.26. The monoisotopic (exact) mass is 339 g/mol. The number of amides is 1. The highest BCUT2D eigenvalue weighted by Gasteiger charge is 2.13. The second-order valence-corrected chi connectivity index (χ2v) is 5.78. The first-order valence-electron chi connectivity index (χ1n) is 6.05. The van der Waals surface area contributed by atoms with Crippen LogP contribution in [-0.2, 0) is 0 Å². The lowest BCUT2D eigenvalue weighted by molar-refractivity contribution is 0.103. The molecule has 2 aromatic rings. The fourth-order valence-electron chi connectivity index (χ4n) is 1.57. The summed E-state index contributed by atoms with van der Waals surface area (Å²) < 4.78 is 0. The number of aliphatic hydroxyl groups is 1. The molecule has 1 aromatic carbocycles. The van der Waals surface area contributed by atoms with Gasteiger partial charge in [-0.2, -0.15) is 0 Å². The van der Waals surface area contributed by atoms with E-state index in [1.165, 1.54) is 11.3 Å². The molecule has 6 heteroatoms. The minimum atomic E-state index is -0.275. The molecule has 0 aliphatic rings. The number of thiophene rings is 1. The van der Waals surface area contributed by atoms with E-state index < -0.39 is 0 Å². The summed E-state index contributed by atoms with van der Waals surface area (Å²) >= 11 is 13.1. The van der Waals surface area contributed by atoms with E-state index in [4.69, 9.17) is 28.3 Å². The third-order valence-electron chi connectivity index (χ3n) is 2.51. The van der Waals surface area contributed by atoms with Gasteiger partial charge in [0.1, 0.15) is 4.88 Å². The van der Waals surface area contributed by atoms with E-state index in [9.17, 15) is 4.79 Å². The average molecular weight is 340 g/mol. The standard InChI is InChI=1S/C15H11Cl2NO2S/c16-11-4-5-13(12(17)9-11)18-15(20)14-10(6-8-21-14)3-1-2-7-19/h4-6,8-9,19H,2,7H2,(H,18,20). The predicted molar refractivity (Wildman–Crippen MR) is 87.3 cm³/mol. The number of rotatable bonds is 3. The number of hydrogen-bond donors (Lipinski definition) is 2. The molecule has 0 aliphatic heterocycles. The Labute approximate surface area is 136 Å². The highest BCUT2D eigenvalue weighted by molar-refractivity contribution is 7.12. The van der Waals surface area contributed by atoms with Crippen LogP contribution in [-0.4, -0.2) is 17.6 Å². The normalized spacial score (nSPS) is 9.86. The van der Waals surface area contributed by atoms with Crippen LogP contribution in [0.25, 0.3) is 0 Å². The lowest BCUT2D eigenvalue weighted by Gasteiger charge is -2.06. The van der Waals surface area contributed by atoms with E-state index in [1.54, 1.807) is 29.6 Å². The Morgan fingerprint density at radius 3 is 2.86 bits per heavy atom. The van der Waals surface area contributed by atoms with Gasteiger partial charge in [-0.15, -0.1) is 11.3 Å². The molecule has 0 aliphatic carbocycles. The third kappa shape index (κ3) is 4.23. The summed E-state index contributed by atoms with van der Waals surface area (Å²) in [6.45, 7) is -0.000943. The molecule has 0 atom stereocenters. The second-order valence-electron chi connectivity index (χ2n) is 4.02. The Morgan fingerprint density at radius 1 is 1.33 bits per heavy atom. The molecule has 0 unspecified atom stereocenters. The zero-order chi connectivity index (χ0) is 15.2. The molecule has 0 fully saturated rings. The summed E-state index contributed by atoms with van der Waals surface area (Å²) in [5.41, 5.74) is 1.13. The van der Waals surface area contributed by atoms with Crippen molar-refractivity contribution in [1.82, 2.24) is 0 Å². The molecular formula is C15H11Cl2NO2S. The summed E-state index contributed by atoms with van der Waals surface area (Å²) in [6, 6.07) is 6.63. The van der Waals surface area contributed by atoms with Gasteiger partial charge in [-0.05, 0) is 29.6 Å². The van der Waals surface area contributed by atoms with Crippen LogP contribution >= 0.6 is 34.5 Å². The third-order valence-corrected chi connectivity index (χ3v) is 3.97. The van der Waals surface area contributed by atoms with Crippen LogP contribution in [0.2, 0.25) is 10.0 Å². The lowest BCUT2D eigenvalue weighted by Crippen LogP contribution is -2.11. The molecular weight excluding hydrogens is 329 g/mol. The van der Waals surface area contributed by atoms with Gasteiger partial charge in [0.2, 0.25) is 0 Å². The summed E-state index contributed by atoms with van der Waals surface area (Å²) in [7, 11) is 0. The van der Waals surface area contributed by atoms with Gasteiger partial charge in [0.15, 0.2) is 0 Å². The van der Waals surface area contributed by atoms with Crippen molar-refractivity contribution in [3.8, 4) is 11.8 Å². The predicted octanol–water partition coefficient (Wildman–Crippen LogP) is 4.04. The first-order chi connectivity index (χ1) is 10.1. The van der Waals surface area contributed by atoms with Gasteiger partial charge >= 0.3 is 0 Å². The topological polar surface area (TPSA) is 49.3 Å². The quantitative estimate of drug-likeness (QED) is 0.829. The zero-order valence-electron chi connectivity index (χ0n) is 10.8. The summed E-state index contributed by atoms with van der Waals surface area (Å²) in [4.78, 5) is 12.8. The molecule has 2 N–H and O–H groups in total. The van der Waals surface area contributed by atoms with Crippen LogP contribution in [0.1, 0.15) is 21.7 Å². The maximum absolute atomic E-state index is 12.3.